The van der Waals surface area contributed by atoms with Gasteiger partial charge in [-0.2, -0.15) is 0 Å². The molecule has 0 aliphatic rings. The smallest absolute Gasteiger partial charge is 0.154 e. The molecule has 44 valence electrons. The summed E-state index contributed by atoms with van der Waals surface area (Å²) in [6.07, 6.45) is 0. The van der Waals surface area contributed by atoms with Crippen LogP contribution in [0.5, 0.6) is 0 Å². The van der Waals surface area contributed by atoms with Crippen LogP contribution in [0, 0.1) is 0 Å². The first-order valence-electron chi connectivity index (χ1n) is 1.92. The van der Waals surface area contributed by atoms with Crippen molar-refractivity contribution in [3.8, 4) is 0 Å². The van der Waals surface area contributed by atoms with Crippen LogP contribution >= 0.6 is 9.03 Å². The Morgan fingerprint density at radius 1 is 1.71 bits per heavy atom. The van der Waals surface area contributed by atoms with Crippen LogP contribution in [0.2, 0.25) is 0 Å². The van der Waals surface area contributed by atoms with E-state index >= 15 is 0 Å². The molecule has 7 heavy (non-hydrogen) atoms. The first-order valence-corrected chi connectivity index (χ1v) is 2.74. The van der Waals surface area contributed by atoms with E-state index in [0.29, 0.717) is 6.61 Å². The lowest BCUT2D eigenvalue weighted by atomic mass is 10.8. The van der Waals surface area contributed by atoms with Gasteiger partial charge in [-0.3, -0.25) is 0 Å². The molecule has 1 unspecified atom stereocenters. The maximum atomic E-state index is 8.12. The third-order valence-electron chi connectivity index (χ3n) is 0.336. The first kappa shape index (κ1) is 7.31. The maximum absolute atomic E-state index is 8.12. The minimum atomic E-state index is 0.0617. The van der Waals surface area contributed by atoms with Crippen molar-refractivity contribution in [3.05, 3.63) is 0 Å². The van der Waals surface area contributed by atoms with Gasteiger partial charge in [0.15, 0.2) is 9.03 Å². The molecule has 0 aromatic heterocycles. The Bertz CT molecular complexity index is 29.4. The summed E-state index contributed by atoms with van der Waals surface area (Å²) in [5, 5.41) is 8.12. The average Bonchev–Trinajstić information content (AvgIpc) is 1.69. The molecule has 0 heterocycles. The largest absolute Gasteiger partial charge is 0.394 e. The predicted octanol–water partition coefficient (Wildman–Crippen LogP) is 0.150. The van der Waals surface area contributed by atoms with Crippen LogP contribution in [0.4, 0.5) is 0 Å². The molecule has 0 saturated carbocycles. The molecule has 0 aromatic rings. The lowest BCUT2D eigenvalue weighted by Crippen LogP contribution is -1.90. The summed E-state index contributed by atoms with van der Waals surface area (Å²) in [7, 11) is 1.61. The molecule has 0 spiro atoms. The fourth-order valence-electron chi connectivity index (χ4n) is 0.146. The van der Waals surface area contributed by atoms with Crippen molar-refractivity contribution in [1.82, 2.24) is 0 Å². The molecule has 1 atom stereocenters. The van der Waals surface area contributed by atoms with Crippen LogP contribution in [0.25, 0.3) is 0 Å². The van der Waals surface area contributed by atoms with Crippen molar-refractivity contribution in [1.29, 1.82) is 0 Å². The van der Waals surface area contributed by atoms with E-state index in [1.165, 1.54) is 0 Å². The quantitative estimate of drug-likeness (QED) is 0.428. The van der Waals surface area contributed by atoms with Crippen LogP contribution < -0.4 is 0 Å². The molecule has 4 heteroatoms. The van der Waals surface area contributed by atoms with E-state index in [1.807, 2.05) is 0 Å². The summed E-state index contributed by atoms with van der Waals surface area (Å²) in [5.74, 6) is 0. The Kier molecular flexibility index (Phi) is 6.59. The van der Waals surface area contributed by atoms with E-state index in [2.05, 4.69) is 9.05 Å². The van der Waals surface area contributed by atoms with E-state index in [-0.39, 0.29) is 15.6 Å². The summed E-state index contributed by atoms with van der Waals surface area (Å²) in [6, 6.07) is 0. The monoisotopic (exact) mass is 124 g/mol. The van der Waals surface area contributed by atoms with Crippen LogP contribution in [0.15, 0.2) is 0 Å². The van der Waals surface area contributed by atoms with E-state index in [4.69, 9.17) is 5.11 Å². The highest BCUT2D eigenvalue weighted by atomic mass is 31.1. The van der Waals surface area contributed by atoms with Crippen molar-refractivity contribution in [2.45, 2.75) is 0 Å². The SMILES string of the molecule is COPOCCO. The summed E-state index contributed by atoms with van der Waals surface area (Å²) in [4.78, 5) is 0. The van der Waals surface area contributed by atoms with Gasteiger partial charge in [-0.25, -0.2) is 0 Å². The molecule has 0 amide bonds. The summed E-state index contributed by atoms with van der Waals surface area (Å²) >= 11 is 0. The molecule has 0 aliphatic heterocycles. The number of hydrogen-bond donors (Lipinski definition) is 1. The van der Waals surface area contributed by atoms with Crippen LogP contribution in [-0.2, 0) is 9.05 Å². The maximum Gasteiger partial charge on any atom is 0.154 e. The highest BCUT2D eigenvalue weighted by molar-refractivity contribution is 7.26. The highest BCUT2D eigenvalue weighted by Crippen LogP contribution is 2.08. The Morgan fingerprint density at radius 3 is 2.86 bits per heavy atom. The van der Waals surface area contributed by atoms with Gasteiger partial charge < -0.3 is 14.2 Å². The molecule has 0 aromatic carbocycles. The van der Waals surface area contributed by atoms with Crippen LogP contribution in [0.1, 0.15) is 0 Å². The molecule has 0 radical (unpaired) electrons. The lowest BCUT2D eigenvalue weighted by molar-refractivity contribution is 0.202. The van der Waals surface area contributed by atoms with E-state index in [0.717, 1.165) is 0 Å². The zero-order valence-corrected chi connectivity index (χ0v) is 5.18. The zero-order chi connectivity index (χ0) is 5.54. The van der Waals surface area contributed by atoms with Gasteiger partial charge in [-0.05, 0) is 0 Å². The fraction of sp³-hybridized carbons (Fsp3) is 1.00. The average molecular weight is 124 g/mol. The summed E-state index contributed by atoms with van der Waals surface area (Å²) < 4.78 is 9.23. The molecular formula is C3H9O3P. The normalized spacial score (nSPS) is 11.1. The second kappa shape index (κ2) is 6.31. The minimum Gasteiger partial charge on any atom is -0.394 e. The van der Waals surface area contributed by atoms with Crippen LogP contribution in [-0.4, -0.2) is 25.4 Å². The third kappa shape index (κ3) is 6.31. The van der Waals surface area contributed by atoms with Crippen molar-refractivity contribution >= 4 is 9.03 Å². The van der Waals surface area contributed by atoms with E-state index in [1.54, 1.807) is 7.11 Å². The topological polar surface area (TPSA) is 38.7 Å². The minimum absolute atomic E-state index is 0.0617. The summed E-state index contributed by atoms with van der Waals surface area (Å²) in [5.41, 5.74) is 0. The number of aliphatic hydroxyl groups excluding tert-OH is 1. The van der Waals surface area contributed by atoms with Crippen molar-refractivity contribution < 1.29 is 14.2 Å². The van der Waals surface area contributed by atoms with E-state index in [9.17, 15) is 0 Å². The van der Waals surface area contributed by atoms with Gasteiger partial charge in [0.05, 0.1) is 13.2 Å². The van der Waals surface area contributed by atoms with Crippen molar-refractivity contribution in [2.75, 3.05) is 20.3 Å². The lowest BCUT2D eigenvalue weighted by Gasteiger charge is -1.95. The van der Waals surface area contributed by atoms with Gasteiger partial charge >= 0.3 is 0 Å². The first-order chi connectivity index (χ1) is 3.41. The van der Waals surface area contributed by atoms with Crippen LogP contribution in [0.3, 0.4) is 0 Å². The molecule has 0 aliphatic carbocycles. The van der Waals surface area contributed by atoms with Gasteiger partial charge in [-0.15, -0.1) is 0 Å². The predicted molar refractivity (Wildman–Crippen MR) is 28.4 cm³/mol. The van der Waals surface area contributed by atoms with Gasteiger partial charge in [0.25, 0.3) is 0 Å². The number of hydrogen-bond acceptors (Lipinski definition) is 3. The van der Waals surface area contributed by atoms with E-state index < -0.39 is 0 Å². The Balaban J connectivity index is 2.45. The highest BCUT2D eigenvalue weighted by Gasteiger charge is 1.79. The molecule has 0 fully saturated rings. The second-order valence-electron chi connectivity index (χ2n) is 0.860. The van der Waals surface area contributed by atoms with Gasteiger partial charge in [0, 0.05) is 7.11 Å². The zero-order valence-electron chi connectivity index (χ0n) is 4.18. The standard InChI is InChI=1S/C3H9O3P/c1-5-7-6-3-2-4/h4,7H,2-3H2,1H3. The fourth-order valence-corrected chi connectivity index (χ4v) is 0.439. The Hall–Kier alpha value is 0.310. The molecular weight excluding hydrogens is 115 g/mol. The van der Waals surface area contributed by atoms with Gasteiger partial charge in [-0.1, -0.05) is 0 Å². The van der Waals surface area contributed by atoms with Crippen molar-refractivity contribution in [2.24, 2.45) is 0 Å². The summed E-state index contributed by atoms with van der Waals surface area (Å²) in [6.45, 7) is 0.433. The third-order valence-corrected chi connectivity index (χ3v) is 0.824. The Labute approximate surface area is 44.6 Å². The van der Waals surface area contributed by atoms with Gasteiger partial charge in [0.2, 0.25) is 0 Å². The number of aliphatic hydroxyl groups is 1. The number of rotatable bonds is 4. The molecule has 0 saturated heterocycles. The Morgan fingerprint density at radius 2 is 2.43 bits per heavy atom. The molecule has 0 bridgehead atoms. The molecule has 3 nitrogen and oxygen atoms in total. The second-order valence-corrected chi connectivity index (χ2v) is 1.72. The van der Waals surface area contributed by atoms with Crippen molar-refractivity contribution in [3.63, 3.8) is 0 Å². The van der Waals surface area contributed by atoms with Gasteiger partial charge in [0.1, 0.15) is 0 Å². The molecule has 0 rings (SSSR count). The molecule has 1 N–H and O–H groups in total.